The van der Waals surface area contributed by atoms with E-state index in [-0.39, 0.29) is 5.91 Å². The summed E-state index contributed by atoms with van der Waals surface area (Å²) < 4.78 is 0. The van der Waals surface area contributed by atoms with E-state index in [2.05, 4.69) is 15.3 Å². The van der Waals surface area contributed by atoms with Gasteiger partial charge in [-0.05, 0) is 18.8 Å². The number of carbonyl (C=O) groups excluding carboxylic acids is 1. The molecule has 0 saturated heterocycles. The molecule has 1 aromatic heterocycles. The molecule has 0 aliphatic heterocycles. The van der Waals surface area contributed by atoms with Gasteiger partial charge in [-0.3, -0.25) is 4.79 Å². The number of anilines is 1. The Morgan fingerprint density at radius 2 is 2.36 bits per heavy atom. The summed E-state index contributed by atoms with van der Waals surface area (Å²) in [4.78, 5) is 19.0. The van der Waals surface area contributed by atoms with Gasteiger partial charge in [-0.1, -0.05) is 11.6 Å². The molecule has 4 nitrogen and oxygen atoms in total. The lowest BCUT2D eigenvalue weighted by molar-refractivity contribution is -0.116. The maximum Gasteiger partial charge on any atom is 0.225 e. The minimum absolute atomic E-state index is 0.00210. The van der Waals surface area contributed by atoms with Crippen LogP contribution in [0.5, 0.6) is 0 Å². The van der Waals surface area contributed by atoms with Crippen molar-refractivity contribution in [1.29, 1.82) is 0 Å². The van der Waals surface area contributed by atoms with E-state index in [0.29, 0.717) is 23.3 Å². The highest BCUT2D eigenvalue weighted by molar-refractivity contribution is 6.29. The van der Waals surface area contributed by atoms with Crippen molar-refractivity contribution in [3.63, 3.8) is 0 Å². The molecule has 1 N–H and O–H groups in total. The van der Waals surface area contributed by atoms with Crippen LogP contribution in [0.2, 0.25) is 5.15 Å². The van der Waals surface area contributed by atoms with Crippen LogP contribution in [0.1, 0.15) is 19.3 Å². The predicted molar refractivity (Wildman–Crippen MR) is 53.0 cm³/mol. The SMILES string of the molecule is O=C(CC1CC1)Nc1cc(Cl)ncn1. The van der Waals surface area contributed by atoms with E-state index in [1.165, 1.54) is 12.4 Å². The number of hydrogen-bond donors (Lipinski definition) is 1. The smallest absolute Gasteiger partial charge is 0.225 e. The molecular formula is C9H10ClN3O. The molecule has 1 amide bonds. The van der Waals surface area contributed by atoms with Crippen molar-refractivity contribution in [2.75, 3.05) is 5.32 Å². The van der Waals surface area contributed by atoms with Crippen LogP contribution in [0.25, 0.3) is 0 Å². The number of amides is 1. The van der Waals surface area contributed by atoms with E-state index in [9.17, 15) is 4.79 Å². The van der Waals surface area contributed by atoms with Crippen molar-refractivity contribution in [2.24, 2.45) is 5.92 Å². The van der Waals surface area contributed by atoms with Crippen LogP contribution in [-0.2, 0) is 4.79 Å². The Morgan fingerprint density at radius 1 is 1.57 bits per heavy atom. The molecule has 0 aromatic carbocycles. The highest BCUT2D eigenvalue weighted by Gasteiger charge is 2.24. The van der Waals surface area contributed by atoms with Gasteiger partial charge in [-0.25, -0.2) is 9.97 Å². The van der Waals surface area contributed by atoms with Gasteiger partial charge in [0, 0.05) is 12.5 Å². The number of nitrogens with one attached hydrogen (secondary N) is 1. The lowest BCUT2D eigenvalue weighted by Gasteiger charge is -2.02. The standard InChI is InChI=1S/C9H10ClN3O/c10-7-4-8(12-5-11-7)13-9(14)3-6-1-2-6/h4-6H,1-3H2,(H,11,12,13,14). The summed E-state index contributed by atoms with van der Waals surface area (Å²) >= 11 is 5.64. The van der Waals surface area contributed by atoms with Crippen LogP contribution < -0.4 is 5.32 Å². The van der Waals surface area contributed by atoms with Crippen LogP contribution >= 0.6 is 11.6 Å². The summed E-state index contributed by atoms with van der Waals surface area (Å²) in [7, 11) is 0. The Labute approximate surface area is 86.7 Å². The third kappa shape index (κ3) is 2.67. The largest absolute Gasteiger partial charge is 0.311 e. The number of halogens is 1. The van der Waals surface area contributed by atoms with Gasteiger partial charge in [0.25, 0.3) is 0 Å². The molecule has 1 aromatic rings. The molecule has 1 aliphatic carbocycles. The Hall–Kier alpha value is -1.16. The molecule has 0 atom stereocenters. The predicted octanol–water partition coefficient (Wildman–Crippen LogP) is 1.87. The minimum atomic E-state index is 0.00210. The fourth-order valence-electron chi connectivity index (χ4n) is 1.18. The third-order valence-corrected chi connectivity index (χ3v) is 2.28. The number of hydrogen-bond acceptors (Lipinski definition) is 3. The molecule has 5 heteroatoms. The molecule has 74 valence electrons. The maximum absolute atomic E-state index is 11.4. The van der Waals surface area contributed by atoms with Crippen LogP contribution in [-0.4, -0.2) is 15.9 Å². The first-order valence-corrected chi connectivity index (χ1v) is 4.89. The van der Waals surface area contributed by atoms with Gasteiger partial charge in [0.15, 0.2) is 0 Å². The van der Waals surface area contributed by atoms with E-state index in [0.717, 1.165) is 12.8 Å². The molecule has 1 heterocycles. The van der Waals surface area contributed by atoms with Gasteiger partial charge in [0.05, 0.1) is 0 Å². The average molecular weight is 212 g/mol. The lowest BCUT2D eigenvalue weighted by atomic mass is 10.3. The molecule has 0 bridgehead atoms. The van der Waals surface area contributed by atoms with Crippen LogP contribution in [0.15, 0.2) is 12.4 Å². The highest BCUT2D eigenvalue weighted by atomic mass is 35.5. The first-order chi connectivity index (χ1) is 6.74. The molecule has 2 rings (SSSR count). The van der Waals surface area contributed by atoms with E-state index in [1.54, 1.807) is 0 Å². The summed E-state index contributed by atoms with van der Waals surface area (Å²) in [5.74, 6) is 1.05. The van der Waals surface area contributed by atoms with Crippen LogP contribution in [0, 0.1) is 5.92 Å². The average Bonchev–Trinajstić information content (AvgIpc) is 2.87. The molecule has 0 radical (unpaired) electrons. The number of carbonyl (C=O) groups is 1. The third-order valence-electron chi connectivity index (χ3n) is 2.07. The molecule has 0 spiro atoms. The summed E-state index contributed by atoms with van der Waals surface area (Å²) in [5.41, 5.74) is 0. The Bertz CT molecular complexity index is 352. The van der Waals surface area contributed by atoms with Crippen molar-refractivity contribution in [3.8, 4) is 0 Å². The number of rotatable bonds is 3. The topological polar surface area (TPSA) is 54.9 Å². The zero-order valence-corrected chi connectivity index (χ0v) is 8.29. The summed E-state index contributed by atoms with van der Waals surface area (Å²) in [5, 5.41) is 3.01. The van der Waals surface area contributed by atoms with Crippen molar-refractivity contribution >= 4 is 23.3 Å². The van der Waals surface area contributed by atoms with E-state index in [1.807, 2.05) is 0 Å². The minimum Gasteiger partial charge on any atom is -0.311 e. The Kier molecular flexibility index (Phi) is 2.63. The van der Waals surface area contributed by atoms with E-state index >= 15 is 0 Å². The summed E-state index contributed by atoms with van der Waals surface area (Å²) in [6, 6.07) is 1.53. The van der Waals surface area contributed by atoms with Gasteiger partial charge in [-0.15, -0.1) is 0 Å². The molecular weight excluding hydrogens is 202 g/mol. The van der Waals surface area contributed by atoms with Crippen LogP contribution in [0.4, 0.5) is 5.82 Å². The fourth-order valence-corrected chi connectivity index (χ4v) is 1.33. The van der Waals surface area contributed by atoms with Crippen LogP contribution in [0.3, 0.4) is 0 Å². The van der Waals surface area contributed by atoms with Gasteiger partial charge in [0.2, 0.25) is 5.91 Å². The first kappa shape index (κ1) is 9.40. The maximum atomic E-state index is 11.4. The second kappa shape index (κ2) is 3.92. The van der Waals surface area contributed by atoms with Crippen molar-refractivity contribution < 1.29 is 4.79 Å². The molecule has 0 unspecified atom stereocenters. The van der Waals surface area contributed by atoms with Gasteiger partial charge in [0.1, 0.15) is 17.3 Å². The van der Waals surface area contributed by atoms with E-state index in [4.69, 9.17) is 11.6 Å². The second-order valence-corrected chi connectivity index (χ2v) is 3.81. The molecule has 14 heavy (non-hydrogen) atoms. The van der Waals surface area contributed by atoms with E-state index < -0.39 is 0 Å². The number of nitrogens with zero attached hydrogens (tertiary/aromatic N) is 2. The molecule has 1 saturated carbocycles. The monoisotopic (exact) mass is 211 g/mol. The number of aromatic nitrogens is 2. The second-order valence-electron chi connectivity index (χ2n) is 3.42. The van der Waals surface area contributed by atoms with Crippen molar-refractivity contribution in [1.82, 2.24) is 9.97 Å². The Balaban J connectivity index is 1.92. The van der Waals surface area contributed by atoms with Gasteiger partial charge >= 0.3 is 0 Å². The van der Waals surface area contributed by atoms with Gasteiger partial charge < -0.3 is 5.32 Å². The highest BCUT2D eigenvalue weighted by Crippen LogP contribution is 2.32. The van der Waals surface area contributed by atoms with Crippen molar-refractivity contribution in [3.05, 3.63) is 17.5 Å². The molecule has 1 aliphatic rings. The van der Waals surface area contributed by atoms with Crippen molar-refractivity contribution in [2.45, 2.75) is 19.3 Å². The zero-order chi connectivity index (χ0) is 9.97. The quantitative estimate of drug-likeness (QED) is 0.777. The Morgan fingerprint density at radius 3 is 3.00 bits per heavy atom. The fraction of sp³-hybridized carbons (Fsp3) is 0.444. The summed E-state index contributed by atoms with van der Waals surface area (Å²) in [6.07, 6.45) is 4.24. The summed E-state index contributed by atoms with van der Waals surface area (Å²) in [6.45, 7) is 0. The first-order valence-electron chi connectivity index (χ1n) is 4.51. The van der Waals surface area contributed by atoms with Gasteiger partial charge in [-0.2, -0.15) is 0 Å². The lowest BCUT2D eigenvalue weighted by Crippen LogP contribution is -2.13. The zero-order valence-electron chi connectivity index (χ0n) is 7.53. The molecule has 1 fully saturated rings. The normalized spacial score (nSPS) is 15.2.